The quantitative estimate of drug-likeness (QED) is 0.204. The second-order valence-corrected chi connectivity index (χ2v) is 12.0. The van der Waals surface area contributed by atoms with E-state index in [1.54, 1.807) is 16.8 Å². The van der Waals surface area contributed by atoms with Gasteiger partial charge in [-0.3, -0.25) is 9.48 Å². The summed E-state index contributed by atoms with van der Waals surface area (Å²) in [4.78, 5) is 12.8. The van der Waals surface area contributed by atoms with E-state index in [2.05, 4.69) is 0 Å². The Hall–Kier alpha value is -3.98. The zero-order valence-electron chi connectivity index (χ0n) is 22.6. The molecule has 4 rings (SSSR count). The van der Waals surface area contributed by atoms with E-state index in [1.807, 2.05) is 58.0 Å². The van der Waals surface area contributed by atoms with Gasteiger partial charge in [0, 0.05) is 11.1 Å². The van der Waals surface area contributed by atoms with E-state index in [0.29, 0.717) is 28.3 Å². The first-order valence-electron chi connectivity index (χ1n) is 12.4. The van der Waals surface area contributed by atoms with E-state index in [1.165, 1.54) is 25.3 Å². The van der Waals surface area contributed by atoms with Crippen LogP contribution >= 0.6 is 0 Å². The van der Waals surface area contributed by atoms with Crippen LogP contribution in [0, 0.1) is 12.7 Å². The Kier molecular flexibility index (Phi) is 7.92. The number of aromatic nitrogens is 2. The van der Waals surface area contributed by atoms with E-state index < -0.39 is 21.3 Å². The van der Waals surface area contributed by atoms with Gasteiger partial charge in [0.2, 0.25) is 9.84 Å². The fourth-order valence-corrected chi connectivity index (χ4v) is 5.82. The number of carbonyl (C=O) groups excluding carboxylic acids is 1. The molecular weight excluding hydrogens is 519 g/mol. The number of hydrogen-bond acceptors (Lipinski definition) is 6. The first-order chi connectivity index (χ1) is 18.4. The molecule has 204 valence electrons. The van der Waals surface area contributed by atoms with Crippen molar-refractivity contribution in [2.24, 2.45) is 0 Å². The lowest BCUT2D eigenvalue weighted by Gasteiger charge is -2.20. The van der Waals surface area contributed by atoms with Crippen LogP contribution in [-0.4, -0.2) is 36.9 Å². The van der Waals surface area contributed by atoms with Crippen molar-refractivity contribution in [2.45, 2.75) is 56.1 Å². The van der Waals surface area contributed by atoms with Crippen molar-refractivity contribution < 1.29 is 27.1 Å². The molecule has 0 aliphatic carbocycles. The summed E-state index contributed by atoms with van der Waals surface area (Å²) in [6.07, 6.45) is 0.00613. The Morgan fingerprint density at radius 1 is 1.00 bits per heavy atom. The Balaban J connectivity index is 1.84. The first-order valence-corrected chi connectivity index (χ1v) is 13.9. The van der Waals surface area contributed by atoms with Gasteiger partial charge in [-0.05, 0) is 75.7 Å². The molecular formula is C30H31FN2O5S. The summed E-state index contributed by atoms with van der Waals surface area (Å²) in [6, 6.07) is 18.9. The van der Waals surface area contributed by atoms with E-state index in [0.717, 1.165) is 17.7 Å². The van der Waals surface area contributed by atoms with Crippen molar-refractivity contribution in [3.8, 4) is 17.0 Å². The van der Waals surface area contributed by atoms with Crippen molar-refractivity contribution in [2.75, 3.05) is 7.11 Å². The average molecular weight is 551 g/mol. The average Bonchev–Trinajstić information content (AvgIpc) is 3.17. The van der Waals surface area contributed by atoms with Gasteiger partial charge in [0.15, 0.2) is 0 Å². The van der Waals surface area contributed by atoms with Crippen LogP contribution in [-0.2, 0) is 32.3 Å². The van der Waals surface area contributed by atoms with E-state index >= 15 is 0 Å². The van der Waals surface area contributed by atoms with Crippen LogP contribution < -0.4 is 4.74 Å². The van der Waals surface area contributed by atoms with Gasteiger partial charge in [-0.25, -0.2) is 12.8 Å². The molecule has 9 heteroatoms. The van der Waals surface area contributed by atoms with Crippen molar-refractivity contribution in [3.05, 3.63) is 95.4 Å². The summed E-state index contributed by atoms with van der Waals surface area (Å²) in [5.74, 6) is -0.439. The molecule has 0 bridgehead atoms. The molecule has 1 heterocycles. The number of sulfone groups is 1. The number of carbonyl (C=O) groups is 1. The highest BCUT2D eigenvalue weighted by molar-refractivity contribution is 7.91. The number of methoxy groups -OCH3 is 1. The van der Waals surface area contributed by atoms with Gasteiger partial charge in [-0.2, -0.15) is 5.10 Å². The highest BCUT2D eigenvalue weighted by Crippen LogP contribution is 2.32. The molecule has 0 aliphatic rings. The maximum absolute atomic E-state index is 13.6. The SMILES string of the molecule is COc1ccc(S(=O)(=O)c2ccc(F)cc2)c(Cn2nc(C)c(CC(=O)OC(C)(C)C)c2-c2ccccc2)c1. The first kappa shape index (κ1) is 28.0. The van der Waals surface area contributed by atoms with Gasteiger partial charge >= 0.3 is 5.97 Å². The zero-order valence-corrected chi connectivity index (χ0v) is 23.4. The summed E-state index contributed by atoms with van der Waals surface area (Å²) in [5, 5.41) is 4.72. The third kappa shape index (κ3) is 6.37. The maximum Gasteiger partial charge on any atom is 0.310 e. The van der Waals surface area contributed by atoms with Crippen molar-refractivity contribution in [1.82, 2.24) is 9.78 Å². The van der Waals surface area contributed by atoms with E-state index in [-0.39, 0.29) is 28.7 Å². The number of aryl methyl sites for hydroxylation is 1. The molecule has 0 fully saturated rings. The number of benzene rings is 3. The predicted octanol–water partition coefficient (Wildman–Crippen LogP) is 5.77. The van der Waals surface area contributed by atoms with Crippen LogP contribution in [0.15, 0.2) is 82.6 Å². The topological polar surface area (TPSA) is 87.5 Å². The number of nitrogens with zero attached hydrogens (tertiary/aromatic N) is 2. The Morgan fingerprint density at radius 2 is 1.67 bits per heavy atom. The number of rotatable bonds is 8. The standard InChI is InChI=1S/C30H31FN2O5S/c1-20-26(18-28(34)38-30(2,3)4)29(21-9-7-6-8-10-21)33(32-20)19-22-17-24(37-5)13-16-27(22)39(35,36)25-14-11-23(31)12-15-25/h6-17H,18-19H2,1-5H3. The van der Waals surface area contributed by atoms with Crippen molar-refractivity contribution in [1.29, 1.82) is 0 Å². The van der Waals surface area contributed by atoms with Crippen LogP contribution in [0.25, 0.3) is 11.3 Å². The molecule has 0 aliphatic heterocycles. The third-order valence-electron chi connectivity index (χ3n) is 6.04. The van der Waals surface area contributed by atoms with Crippen molar-refractivity contribution in [3.63, 3.8) is 0 Å². The molecule has 0 radical (unpaired) electrons. The summed E-state index contributed by atoms with van der Waals surface area (Å²) in [7, 11) is -2.49. The Labute approximate surface area is 228 Å². The molecule has 3 aromatic carbocycles. The number of ether oxygens (including phenoxy) is 2. The smallest absolute Gasteiger partial charge is 0.310 e. The molecule has 0 amide bonds. The largest absolute Gasteiger partial charge is 0.497 e. The fourth-order valence-electron chi connectivity index (χ4n) is 4.36. The van der Waals surface area contributed by atoms with Gasteiger partial charge in [-0.15, -0.1) is 0 Å². The van der Waals surface area contributed by atoms with Crippen LogP contribution in [0.1, 0.15) is 37.6 Å². The summed E-state index contributed by atoms with van der Waals surface area (Å²) >= 11 is 0. The van der Waals surface area contributed by atoms with Crippen LogP contribution in [0.5, 0.6) is 5.75 Å². The minimum atomic E-state index is -3.99. The highest BCUT2D eigenvalue weighted by atomic mass is 32.2. The molecule has 0 saturated carbocycles. The molecule has 7 nitrogen and oxygen atoms in total. The van der Waals surface area contributed by atoms with Gasteiger partial charge in [0.25, 0.3) is 0 Å². The molecule has 39 heavy (non-hydrogen) atoms. The normalized spacial score (nSPS) is 11.8. The molecule has 4 aromatic rings. The minimum Gasteiger partial charge on any atom is -0.497 e. The van der Waals surface area contributed by atoms with E-state index in [4.69, 9.17) is 14.6 Å². The lowest BCUT2D eigenvalue weighted by molar-refractivity contribution is -0.153. The second kappa shape index (κ2) is 11.0. The van der Waals surface area contributed by atoms with Gasteiger partial charge in [0.05, 0.1) is 41.3 Å². The second-order valence-electron chi connectivity index (χ2n) is 10.1. The minimum absolute atomic E-state index is 0.00613. The lowest BCUT2D eigenvalue weighted by Crippen LogP contribution is -2.25. The molecule has 0 saturated heterocycles. The third-order valence-corrected chi connectivity index (χ3v) is 7.91. The summed E-state index contributed by atoms with van der Waals surface area (Å²) in [6.45, 7) is 7.32. The number of esters is 1. The van der Waals surface area contributed by atoms with E-state index in [9.17, 15) is 17.6 Å². The number of hydrogen-bond donors (Lipinski definition) is 0. The molecule has 0 spiro atoms. The van der Waals surface area contributed by atoms with Crippen molar-refractivity contribution >= 4 is 15.8 Å². The molecule has 0 atom stereocenters. The molecule has 1 aromatic heterocycles. The molecule has 0 unspecified atom stereocenters. The number of halogens is 1. The Morgan fingerprint density at radius 3 is 2.28 bits per heavy atom. The van der Waals surface area contributed by atoms with Crippen LogP contribution in [0.4, 0.5) is 4.39 Å². The summed E-state index contributed by atoms with van der Waals surface area (Å²) in [5.41, 5.74) is 2.63. The summed E-state index contributed by atoms with van der Waals surface area (Å²) < 4.78 is 53.4. The lowest BCUT2D eigenvalue weighted by atomic mass is 10.0. The highest BCUT2D eigenvalue weighted by Gasteiger charge is 2.26. The monoisotopic (exact) mass is 550 g/mol. The fraction of sp³-hybridized carbons (Fsp3) is 0.267. The maximum atomic E-state index is 13.6. The zero-order chi connectivity index (χ0) is 28.4. The Bertz CT molecular complexity index is 1590. The van der Waals surface area contributed by atoms with Gasteiger partial charge < -0.3 is 9.47 Å². The van der Waals surface area contributed by atoms with Gasteiger partial charge in [0.1, 0.15) is 17.2 Å². The predicted molar refractivity (Wildman–Crippen MR) is 146 cm³/mol. The van der Waals surface area contributed by atoms with Crippen LogP contribution in [0.2, 0.25) is 0 Å². The molecule has 0 N–H and O–H groups in total. The van der Waals surface area contributed by atoms with Crippen LogP contribution in [0.3, 0.4) is 0 Å². The van der Waals surface area contributed by atoms with Gasteiger partial charge in [-0.1, -0.05) is 30.3 Å².